The first-order chi connectivity index (χ1) is 24.8. The molecule has 234 valence electrons. The number of aromatic nitrogens is 4. The Morgan fingerprint density at radius 2 is 0.940 bits per heavy atom. The molecule has 0 aliphatic carbocycles. The highest BCUT2D eigenvalue weighted by molar-refractivity contribution is 6.10. The largest absolute Gasteiger partial charge is 0.456 e. The molecule has 10 aromatic rings. The standard InChI is InChI=1S/C45H28N4O/c1-3-13-29(14-4-1)33-17-7-8-18-34(33)31-23-25-36-35-19-9-11-21-39(35)49(40(36)28-31)45-47-43(30-15-5-2-6-16-30)46-44(48-45)32-24-26-42-38(27-32)37-20-10-12-22-41(37)50-42/h1-28H. The minimum absolute atomic E-state index is 0.561. The molecule has 3 heterocycles. The van der Waals surface area contributed by atoms with E-state index in [1.807, 2.05) is 60.7 Å². The Hall–Kier alpha value is -6.85. The van der Waals surface area contributed by atoms with Crippen LogP contribution in [0.15, 0.2) is 174 Å². The number of rotatable bonds is 5. The van der Waals surface area contributed by atoms with Gasteiger partial charge in [-0.05, 0) is 58.7 Å². The van der Waals surface area contributed by atoms with Crippen molar-refractivity contribution in [3.63, 3.8) is 0 Å². The van der Waals surface area contributed by atoms with Gasteiger partial charge in [0, 0.05) is 32.7 Å². The maximum atomic E-state index is 6.14. The van der Waals surface area contributed by atoms with Crippen LogP contribution in [0.4, 0.5) is 0 Å². The Morgan fingerprint density at radius 3 is 1.74 bits per heavy atom. The summed E-state index contributed by atoms with van der Waals surface area (Å²) in [6.45, 7) is 0. The van der Waals surface area contributed by atoms with E-state index in [9.17, 15) is 0 Å². The van der Waals surface area contributed by atoms with Crippen LogP contribution in [-0.4, -0.2) is 19.5 Å². The van der Waals surface area contributed by atoms with E-state index in [4.69, 9.17) is 19.4 Å². The maximum absolute atomic E-state index is 6.14. The summed E-state index contributed by atoms with van der Waals surface area (Å²) in [7, 11) is 0. The number of fused-ring (bicyclic) bond motifs is 6. The number of furan rings is 1. The zero-order valence-electron chi connectivity index (χ0n) is 26.9. The van der Waals surface area contributed by atoms with Gasteiger partial charge in [0.2, 0.25) is 5.95 Å². The summed E-state index contributed by atoms with van der Waals surface area (Å²) in [4.78, 5) is 15.4. The number of hydrogen-bond acceptors (Lipinski definition) is 4. The first-order valence-electron chi connectivity index (χ1n) is 16.7. The normalized spacial score (nSPS) is 11.6. The molecule has 5 nitrogen and oxygen atoms in total. The Kier molecular flexibility index (Phi) is 6.42. The van der Waals surface area contributed by atoms with Gasteiger partial charge in [-0.25, -0.2) is 4.98 Å². The molecule has 0 bridgehead atoms. The van der Waals surface area contributed by atoms with Crippen LogP contribution < -0.4 is 0 Å². The average molecular weight is 641 g/mol. The molecule has 10 rings (SSSR count). The van der Waals surface area contributed by atoms with Crippen LogP contribution in [0, 0.1) is 0 Å². The van der Waals surface area contributed by atoms with Gasteiger partial charge in [-0.1, -0.05) is 133 Å². The lowest BCUT2D eigenvalue weighted by Gasteiger charge is -2.13. The fraction of sp³-hybridized carbons (Fsp3) is 0. The topological polar surface area (TPSA) is 56.7 Å². The summed E-state index contributed by atoms with van der Waals surface area (Å²) in [5.41, 5.74) is 10.2. The van der Waals surface area contributed by atoms with Crippen molar-refractivity contribution in [1.82, 2.24) is 19.5 Å². The molecule has 50 heavy (non-hydrogen) atoms. The van der Waals surface area contributed by atoms with Crippen LogP contribution in [-0.2, 0) is 0 Å². The third kappa shape index (κ3) is 4.60. The van der Waals surface area contributed by atoms with Crippen molar-refractivity contribution in [2.45, 2.75) is 0 Å². The summed E-state index contributed by atoms with van der Waals surface area (Å²) < 4.78 is 8.33. The summed E-state index contributed by atoms with van der Waals surface area (Å²) in [5, 5.41) is 4.36. The van der Waals surface area contributed by atoms with Gasteiger partial charge in [-0.2, -0.15) is 9.97 Å². The average Bonchev–Trinajstić information content (AvgIpc) is 3.73. The predicted octanol–water partition coefficient (Wildman–Crippen LogP) is 11.5. The monoisotopic (exact) mass is 640 g/mol. The van der Waals surface area contributed by atoms with E-state index in [2.05, 4.69) is 114 Å². The molecule has 0 unspecified atom stereocenters. The number of hydrogen-bond donors (Lipinski definition) is 0. The van der Waals surface area contributed by atoms with Crippen molar-refractivity contribution in [3.8, 4) is 51.0 Å². The number of para-hydroxylation sites is 2. The molecule has 7 aromatic carbocycles. The second kappa shape index (κ2) is 11.4. The lowest BCUT2D eigenvalue weighted by molar-refractivity contribution is 0.669. The number of benzene rings is 7. The van der Waals surface area contributed by atoms with Crippen molar-refractivity contribution in [2.75, 3.05) is 0 Å². The quantitative estimate of drug-likeness (QED) is 0.188. The Morgan fingerprint density at radius 1 is 0.360 bits per heavy atom. The molecule has 0 spiro atoms. The van der Waals surface area contributed by atoms with Gasteiger partial charge in [0.25, 0.3) is 0 Å². The summed E-state index contributed by atoms with van der Waals surface area (Å²) in [5.74, 6) is 1.77. The zero-order chi connectivity index (χ0) is 33.0. The smallest absolute Gasteiger partial charge is 0.238 e. The molecule has 0 saturated heterocycles. The molecule has 0 atom stereocenters. The van der Waals surface area contributed by atoms with E-state index in [0.29, 0.717) is 17.6 Å². The molecule has 3 aromatic heterocycles. The second-order valence-corrected chi connectivity index (χ2v) is 12.5. The van der Waals surface area contributed by atoms with Gasteiger partial charge in [0.05, 0.1) is 11.0 Å². The molecule has 0 saturated carbocycles. The van der Waals surface area contributed by atoms with E-state index >= 15 is 0 Å². The van der Waals surface area contributed by atoms with Crippen LogP contribution in [0.5, 0.6) is 0 Å². The van der Waals surface area contributed by atoms with Crippen LogP contribution in [0.3, 0.4) is 0 Å². The third-order valence-electron chi connectivity index (χ3n) is 9.49. The van der Waals surface area contributed by atoms with E-state index in [1.165, 1.54) is 16.7 Å². The summed E-state index contributed by atoms with van der Waals surface area (Å²) >= 11 is 0. The van der Waals surface area contributed by atoms with Crippen LogP contribution in [0.2, 0.25) is 0 Å². The Bertz CT molecular complexity index is 2870. The van der Waals surface area contributed by atoms with Crippen molar-refractivity contribution in [1.29, 1.82) is 0 Å². The highest BCUT2D eigenvalue weighted by Crippen LogP contribution is 2.38. The van der Waals surface area contributed by atoms with Gasteiger partial charge < -0.3 is 4.42 Å². The molecular formula is C45H28N4O. The molecular weight excluding hydrogens is 613 g/mol. The number of nitrogens with zero attached hydrogens (tertiary/aromatic N) is 4. The van der Waals surface area contributed by atoms with Gasteiger partial charge in [-0.3, -0.25) is 4.57 Å². The molecule has 0 N–H and O–H groups in total. The lowest BCUT2D eigenvalue weighted by atomic mass is 9.94. The van der Waals surface area contributed by atoms with Gasteiger partial charge in [0.15, 0.2) is 11.6 Å². The molecule has 0 aliphatic heterocycles. The Labute approximate surface area is 287 Å². The Balaban J connectivity index is 1.23. The maximum Gasteiger partial charge on any atom is 0.238 e. The first kappa shape index (κ1) is 28.2. The minimum atomic E-state index is 0.561. The molecule has 0 radical (unpaired) electrons. The van der Waals surface area contributed by atoms with E-state index in [1.54, 1.807) is 0 Å². The van der Waals surface area contributed by atoms with Crippen molar-refractivity contribution in [2.24, 2.45) is 0 Å². The van der Waals surface area contributed by atoms with Crippen molar-refractivity contribution in [3.05, 3.63) is 170 Å². The van der Waals surface area contributed by atoms with E-state index in [0.717, 1.165) is 60.4 Å². The highest BCUT2D eigenvalue weighted by Gasteiger charge is 2.19. The van der Waals surface area contributed by atoms with Crippen LogP contribution in [0.1, 0.15) is 0 Å². The fourth-order valence-electron chi connectivity index (χ4n) is 7.13. The SMILES string of the molecule is c1ccc(-c2nc(-c3ccc4oc5ccccc5c4c3)nc(-n3c4ccccc4c4ccc(-c5ccccc5-c5ccccc5)cc43)n2)cc1. The first-order valence-corrected chi connectivity index (χ1v) is 16.7. The minimum Gasteiger partial charge on any atom is -0.456 e. The van der Waals surface area contributed by atoms with E-state index in [-0.39, 0.29) is 0 Å². The summed E-state index contributed by atoms with van der Waals surface area (Å²) in [6.07, 6.45) is 0. The molecule has 0 amide bonds. The third-order valence-corrected chi connectivity index (χ3v) is 9.49. The summed E-state index contributed by atoms with van der Waals surface area (Å²) in [6, 6.07) is 58.7. The zero-order valence-corrected chi connectivity index (χ0v) is 26.9. The lowest BCUT2D eigenvalue weighted by Crippen LogP contribution is -2.06. The molecule has 0 fully saturated rings. The fourth-order valence-corrected chi connectivity index (χ4v) is 7.13. The predicted molar refractivity (Wildman–Crippen MR) is 203 cm³/mol. The highest BCUT2D eigenvalue weighted by atomic mass is 16.3. The van der Waals surface area contributed by atoms with Crippen molar-refractivity contribution >= 4 is 43.7 Å². The van der Waals surface area contributed by atoms with Gasteiger partial charge in [-0.15, -0.1) is 0 Å². The van der Waals surface area contributed by atoms with E-state index < -0.39 is 0 Å². The van der Waals surface area contributed by atoms with Crippen LogP contribution in [0.25, 0.3) is 94.7 Å². The van der Waals surface area contributed by atoms with Gasteiger partial charge >= 0.3 is 0 Å². The second-order valence-electron chi connectivity index (χ2n) is 12.5. The van der Waals surface area contributed by atoms with Gasteiger partial charge in [0.1, 0.15) is 11.2 Å². The molecule has 5 heteroatoms. The van der Waals surface area contributed by atoms with Crippen molar-refractivity contribution < 1.29 is 4.42 Å². The molecule has 0 aliphatic rings. The van der Waals surface area contributed by atoms with Crippen LogP contribution >= 0.6 is 0 Å².